The first-order valence-electron chi connectivity index (χ1n) is 27.1. The van der Waals surface area contributed by atoms with Crippen molar-refractivity contribution in [2.75, 3.05) is 34.5 Å². The standard InChI is InChI=1S/C51H79NO13.C6H8O6/c1-30-16-12-11-13-17-31(2)42(61-8)28-38-21-19-36(7)51(60,65-38)48(57)49(58)52-23-15-14-18-39(52)50(59)64-43(33(4)26-37-20-22-40(53)44(27-37)62-9)29-41(54)32(3)25-35(6)46(56)47(63-10)45(55)34(5)24-30;7-1-2(8)5-3(9)4(10)6(11)12-5/h11-13,16-17,25,30,32-34,36-40,42-44,46-47,53,56,60H,14-15,18-24,26-29H2,1-10H3;2,5,7-10H,1H2/b13-11+,16-12+,31-17+,35-25+;/t30-,32-,33-,34-,36-,37+,38+,39+,40-,42+,43+,44-,46-,47+,51-;2-,5+/m10/s1. The van der Waals surface area contributed by atoms with E-state index in [0.29, 0.717) is 63.4 Å². The number of carbonyl (C=O) groups excluding carboxylic acids is 6. The van der Waals surface area contributed by atoms with Crippen molar-refractivity contribution in [1.29, 1.82) is 0 Å². The van der Waals surface area contributed by atoms with Crippen LogP contribution in [0.5, 0.6) is 0 Å². The van der Waals surface area contributed by atoms with Crippen LogP contribution in [-0.2, 0) is 57.2 Å². The third-order valence-electron chi connectivity index (χ3n) is 16.0. The number of nitrogens with zero attached hydrogens (tertiary/aromatic N) is 1. The molecule has 5 rings (SSSR count). The second kappa shape index (κ2) is 30.1. The second-order valence-corrected chi connectivity index (χ2v) is 21.9. The molecule has 20 nitrogen and oxygen atoms in total. The molecule has 1 saturated carbocycles. The number of hydrogen-bond acceptors (Lipinski definition) is 19. The van der Waals surface area contributed by atoms with E-state index in [9.17, 15) is 44.1 Å². The van der Waals surface area contributed by atoms with Crippen molar-refractivity contribution in [3.63, 3.8) is 0 Å². The van der Waals surface area contributed by atoms with E-state index in [1.165, 1.54) is 12.0 Å². The number of rotatable bonds is 8. The lowest BCUT2D eigenvalue weighted by Crippen LogP contribution is -2.61. The fourth-order valence-electron chi connectivity index (χ4n) is 10.9. The molecule has 77 heavy (non-hydrogen) atoms. The molecule has 0 aromatic carbocycles. The van der Waals surface area contributed by atoms with Crippen LogP contribution in [0.2, 0.25) is 0 Å². The maximum Gasteiger partial charge on any atom is 0.377 e. The van der Waals surface area contributed by atoms with Gasteiger partial charge in [0.25, 0.3) is 11.7 Å². The number of ketones is 3. The largest absolute Gasteiger partial charge is 0.505 e. The molecule has 1 amide bonds. The smallest absolute Gasteiger partial charge is 0.377 e. The second-order valence-electron chi connectivity index (χ2n) is 21.9. The van der Waals surface area contributed by atoms with Gasteiger partial charge in [0.2, 0.25) is 11.5 Å². The molecule has 0 unspecified atom stereocenters. The van der Waals surface area contributed by atoms with E-state index in [4.69, 9.17) is 44.1 Å². The highest BCUT2D eigenvalue weighted by Gasteiger charge is 2.53. The summed E-state index contributed by atoms with van der Waals surface area (Å²) in [5.41, 5.74) is 1.27. The van der Waals surface area contributed by atoms with E-state index in [1.807, 2.05) is 58.1 Å². The molecule has 5 aliphatic rings. The van der Waals surface area contributed by atoms with E-state index in [-0.39, 0.29) is 54.8 Å². The van der Waals surface area contributed by atoms with Gasteiger partial charge in [0.05, 0.1) is 31.0 Å². The van der Waals surface area contributed by atoms with Gasteiger partial charge in [-0.2, -0.15) is 0 Å². The zero-order valence-corrected chi connectivity index (χ0v) is 46.6. The van der Waals surface area contributed by atoms with E-state index >= 15 is 0 Å². The first-order valence-corrected chi connectivity index (χ1v) is 27.1. The molecule has 434 valence electrons. The fraction of sp³-hybridized carbons (Fsp3) is 0.719. The molecule has 0 spiro atoms. The normalized spacial score (nSPS) is 38.1. The summed E-state index contributed by atoms with van der Waals surface area (Å²) in [6.45, 7) is 12.1. The Morgan fingerprint density at radius 2 is 1.53 bits per heavy atom. The van der Waals surface area contributed by atoms with Crippen LogP contribution < -0.4 is 0 Å². The van der Waals surface area contributed by atoms with Crippen molar-refractivity contribution in [3.8, 4) is 0 Å². The molecular formula is C57H87NO19. The number of carbonyl (C=O) groups is 6. The first kappa shape index (κ1) is 64.9. The molecular weight excluding hydrogens is 1000 g/mol. The molecule has 1 aliphatic carbocycles. The lowest BCUT2D eigenvalue weighted by Gasteiger charge is -2.42. The van der Waals surface area contributed by atoms with E-state index in [0.717, 1.165) is 12.0 Å². The molecule has 0 aromatic rings. The molecule has 4 heterocycles. The zero-order valence-electron chi connectivity index (χ0n) is 46.6. The molecule has 2 bridgehead atoms. The fourth-order valence-corrected chi connectivity index (χ4v) is 10.9. The highest BCUT2D eigenvalue weighted by atomic mass is 16.6. The number of esters is 2. The Labute approximate surface area is 453 Å². The molecule has 20 heteroatoms. The first-order chi connectivity index (χ1) is 36.3. The SMILES string of the molecule is CO[C@H]1C[C@@H]2CC[C@@H](C)[C@@](O)(O2)C(=O)C(=O)N2CCCC[C@H]2C(=O)O[C@H]([C@H](C)C[C@@H]2CC[C@@H](O)[C@H](OC)C2)CC(=O)[C@H](C)/C=C(\C)[C@@H](O)[C@@H](OC)C(=O)[C@H](C)C[C@H](C)/C=C/C=C/C=C/1C.O=C1O[C@H]([C@@H](O)CO)C(O)=C1O. The number of amides is 1. The summed E-state index contributed by atoms with van der Waals surface area (Å²) in [5, 5.41) is 68.9. The van der Waals surface area contributed by atoms with Gasteiger partial charge in [-0.05, 0) is 107 Å². The van der Waals surface area contributed by atoms with Gasteiger partial charge < -0.3 is 69.1 Å². The van der Waals surface area contributed by atoms with Gasteiger partial charge in [0.1, 0.15) is 36.2 Å². The summed E-state index contributed by atoms with van der Waals surface area (Å²) in [6, 6.07) is -1.14. The van der Waals surface area contributed by atoms with E-state index in [2.05, 4.69) is 4.74 Å². The van der Waals surface area contributed by atoms with Crippen LogP contribution in [0.25, 0.3) is 0 Å². The Morgan fingerprint density at radius 1 is 0.831 bits per heavy atom. The predicted molar refractivity (Wildman–Crippen MR) is 280 cm³/mol. The highest BCUT2D eigenvalue weighted by Crippen LogP contribution is 2.38. The van der Waals surface area contributed by atoms with Crippen LogP contribution in [0.1, 0.15) is 126 Å². The minimum absolute atomic E-state index is 0.0193. The number of piperidine rings is 1. The number of methoxy groups -OCH3 is 3. The van der Waals surface area contributed by atoms with Crippen molar-refractivity contribution < 1.29 is 92.9 Å². The quantitative estimate of drug-likeness (QED) is 0.0978. The maximum atomic E-state index is 14.4. The Bertz CT molecular complexity index is 2190. The average molecular weight is 1090 g/mol. The number of hydrogen-bond donors (Lipinski definition) is 7. The van der Waals surface area contributed by atoms with Gasteiger partial charge in [-0.1, -0.05) is 71.1 Å². The number of cyclic esters (lactones) is 2. The molecule has 0 aromatic heterocycles. The van der Waals surface area contributed by atoms with Crippen molar-refractivity contribution in [2.24, 2.45) is 35.5 Å². The Morgan fingerprint density at radius 3 is 2.16 bits per heavy atom. The molecule has 0 radical (unpaired) electrons. The van der Waals surface area contributed by atoms with Gasteiger partial charge in [-0.25, -0.2) is 9.59 Å². The summed E-state index contributed by atoms with van der Waals surface area (Å²) >= 11 is 0. The molecule has 4 aliphatic heterocycles. The minimum atomic E-state index is -2.43. The average Bonchev–Trinajstić information content (AvgIpc) is 3.67. The predicted octanol–water partition coefficient (Wildman–Crippen LogP) is 4.77. The Balaban J connectivity index is 0.000000936. The van der Waals surface area contributed by atoms with Crippen molar-refractivity contribution in [3.05, 3.63) is 59.1 Å². The van der Waals surface area contributed by atoms with Gasteiger partial charge in [-0.15, -0.1) is 0 Å². The summed E-state index contributed by atoms with van der Waals surface area (Å²) in [5.74, 6) is -10.7. The van der Waals surface area contributed by atoms with Crippen LogP contribution in [-0.4, -0.2) is 177 Å². The minimum Gasteiger partial charge on any atom is -0.505 e. The van der Waals surface area contributed by atoms with Gasteiger partial charge in [0, 0.05) is 58.5 Å². The third kappa shape index (κ3) is 17.2. The number of aliphatic hydroxyl groups excluding tert-OH is 6. The number of ether oxygens (including phenoxy) is 6. The summed E-state index contributed by atoms with van der Waals surface area (Å²) in [6.07, 6.45) is 8.41. The van der Waals surface area contributed by atoms with Crippen LogP contribution in [0.3, 0.4) is 0 Å². The van der Waals surface area contributed by atoms with Gasteiger partial charge >= 0.3 is 11.9 Å². The molecule has 2 saturated heterocycles. The lowest BCUT2D eigenvalue weighted by molar-refractivity contribution is -0.265. The third-order valence-corrected chi connectivity index (χ3v) is 16.0. The van der Waals surface area contributed by atoms with Crippen LogP contribution in [0, 0.1) is 35.5 Å². The number of fused-ring (bicyclic) bond motifs is 3. The van der Waals surface area contributed by atoms with Gasteiger partial charge in [0.15, 0.2) is 17.6 Å². The van der Waals surface area contributed by atoms with Gasteiger partial charge in [-0.3, -0.25) is 19.2 Å². The lowest BCUT2D eigenvalue weighted by atomic mass is 9.78. The number of Topliss-reactive ketones (excluding diaryl/α,β-unsaturated/α-hetero) is 3. The van der Waals surface area contributed by atoms with Crippen molar-refractivity contribution in [2.45, 2.75) is 192 Å². The van der Waals surface area contributed by atoms with Crippen molar-refractivity contribution >= 4 is 35.2 Å². The molecule has 7 N–H and O–H groups in total. The van der Waals surface area contributed by atoms with Crippen LogP contribution in [0.15, 0.2) is 59.1 Å². The van der Waals surface area contributed by atoms with E-state index in [1.54, 1.807) is 41.1 Å². The highest BCUT2D eigenvalue weighted by molar-refractivity contribution is 6.39. The van der Waals surface area contributed by atoms with Crippen LogP contribution >= 0.6 is 0 Å². The summed E-state index contributed by atoms with van der Waals surface area (Å²) in [7, 11) is 4.52. The number of aliphatic hydroxyl groups is 7. The summed E-state index contributed by atoms with van der Waals surface area (Å²) in [4.78, 5) is 82.3. The maximum absolute atomic E-state index is 14.4. The molecule has 3 fully saturated rings. The zero-order chi connectivity index (χ0) is 57.5. The Kier molecular flexibility index (Phi) is 25.4. The van der Waals surface area contributed by atoms with Crippen LogP contribution in [0.4, 0.5) is 0 Å². The molecule has 17 atom stereocenters. The van der Waals surface area contributed by atoms with E-state index < -0.39 is 120 Å². The summed E-state index contributed by atoms with van der Waals surface area (Å²) < 4.78 is 33.7. The topological polar surface area (TPSA) is 303 Å². The van der Waals surface area contributed by atoms with Crippen molar-refractivity contribution in [1.82, 2.24) is 4.90 Å². The monoisotopic (exact) mass is 1090 g/mol. The Hall–Kier alpha value is -4.64. The number of allylic oxidation sites excluding steroid dienone is 6.